The molecule has 2 aromatic rings. The number of rotatable bonds is 9. The van der Waals surface area contributed by atoms with Gasteiger partial charge in [-0.3, -0.25) is 14.6 Å². The molecule has 0 spiro atoms. The molecule has 1 amide bonds. The number of nitrogens with one attached hydrogen (secondary N) is 1. The van der Waals surface area contributed by atoms with Crippen LogP contribution in [0.15, 0.2) is 59.5 Å². The van der Waals surface area contributed by atoms with E-state index >= 15 is 0 Å². The van der Waals surface area contributed by atoms with Gasteiger partial charge in [0.05, 0.1) is 10.5 Å². The number of benzene rings is 2. The van der Waals surface area contributed by atoms with Gasteiger partial charge >= 0.3 is 12.1 Å². The highest BCUT2D eigenvalue weighted by molar-refractivity contribution is 7.89. The Morgan fingerprint density at radius 3 is 2.16 bits per heavy atom. The first-order valence-corrected chi connectivity index (χ1v) is 13.4. The Kier molecular flexibility index (Phi) is 11.1. The van der Waals surface area contributed by atoms with E-state index in [0.717, 1.165) is 36.4 Å². The zero-order chi connectivity index (χ0) is 27.2. The number of sulfonamides is 1. The van der Waals surface area contributed by atoms with Crippen molar-refractivity contribution in [3.05, 3.63) is 65.7 Å². The van der Waals surface area contributed by atoms with E-state index < -0.39 is 63.1 Å². The Morgan fingerprint density at radius 2 is 1.63 bits per heavy atom. The van der Waals surface area contributed by atoms with Crippen molar-refractivity contribution in [1.82, 2.24) is 9.84 Å². The van der Waals surface area contributed by atoms with E-state index in [1.807, 2.05) is 0 Å². The molecule has 1 unspecified atom stereocenters. The van der Waals surface area contributed by atoms with E-state index in [4.69, 9.17) is 10.5 Å². The highest BCUT2D eigenvalue weighted by Gasteiger charge is 2.36. The maximum absolute atomic E-state index is 13.7. The van der Waals surface area contributed by atoms with Gasteiger partial charge in [-0.25, -0.2) is 8.42 Å². The van der Waals surface area contributed by atoms with E-state index in [1.54, 1.807) is 30.3 Å². The summed E-state index contributed by atoms with van der Waals surface area (Å²) in [5, 5.41) is 0.923. The lowest BCUT2D eigenvalue weighted by Crippen LogP contribution is -2.52. The molecule has 13 heteroatoms. The first kappa shape index (κ1) is 31.5. The van der Waals surface area contributed by atoms with Crippen LogP contribution in [0.2, 0.25) is 0 Å². The normalized spacial score (nSPS) is 16.1. The highest BCUT2D eigenvalue weighted by Crippen LogP contribution is 2.31. The van der Waals surface area contributed by atoms with Crippen LogP contribution in [-0.2, 0) is 30.5 Å². The van der Waals surface area contributed by atoms with Gasteiger partial charge in [-0.2, -0.15) is 13.2 Å². The number of nitrogens with zero attached hydrogens (tertiary/aromatic N) is 1. The monoisotopic (exact) mass is 577 g/mol. The minimum Gasteiger partial charge on any atom is -0.462 e. The summed E-state index contributed by atoms with van der Waals surface area (Å²) >= 11 is 0. The average Bonchev–Trinajstić information content (AvgIpc) is 2.88. The Bertz CT molecular complexity index is 1170. The molecule has 0 heterocycles. The van der Waals surface area contributed by atoms with Gasteiger partial charge in [0.15, 0.2) is 0 Å². The van der Waals surface area contributed by atoms with Crippen molar-refractivity contribution < 1.29 is 35.9 Å². The molecular formula is C25H31ClF3N3O5S. The number of nitrogens with two attached hydrogens (primary N) is 1. The number of carbonyl (C=O) groups excluding carboxylic acids is 2. The van der Waals surface area contributed by atoms with Crippen molar-refractivity contribution in [3.63, 3.8) is 0 Å². The molecule has 0 saturated heterocycles. The number of hydrazine groups is 1. The third kappa shape index (κ3) is 8.16. The van der Waals surface area contributed by atoms with Crippen LogP contribution < -0.4 is 10.6 Å². The van der Waals surface area contributed by atoms with Crippen molar-refractivity contribution in [2.45, 2.75) is 62.2 Å². The first-order valence-electron chi connectivity index (χ1n) is 11.9. The highest BCUT2D eigenvalue weighted by atomic mass is 35.5. The van der Waals surface area contributed by atoms with Gasteiger partial charge < -0.3 is 10.5 Å². The van der Waals surface area contributed by atoms with E-state index in [0.29, 0.717) is 30.5 Å². The van der Waals surface area contributed by atoms with Gasteiger partial charge in [0.2, 0.25) is 5.91 Å². The molecule has 0 bridgehead atoms. The average molecular weight is 578 g/mol. The second-order valence-electron chi connectivity index (χ2n) is 9.01. The Hall–Kier alpha value is -2.67. The van der Waals surface area contributed by atoms with Crippen molar-refractivity contribution in [2.75, 3.05) is 6.61 Å². The molecule has 2 atom stereocenters. The fourth-order valence-electron chi connectivity index (χ4n) is 4.10. The van der Waals surface area contributed by atoms with Crippen LogP contribution in [0.5, 0.6) is 0 Å². The SMILES string of the molecule is CC(N)C(=O)OC[C@H](c1ccccc1)N(NS(=O)(=O)c1ccc(C(F)(F)F)cc1)C(=O)C1CCCCC1.Cl. The van der Waals surface area contributed by atoms with Gasteiger partial charge in [0.25, 0.3) is 10.0 Å². The number of esters is 1. The summed E-state index contributed by atoms with van der Waals surface area (Å²) in [5.74, 6) is -1.73. The molecule has 1 aliphatic carbocycles. The van der Waals surface area contributed by atoms with Crippen LogP contribution in [0.25, 0.3) is 0 Å². The standard InChI is InChI=1S/C25H30F3N3O5S.ClH/c1-17(29)24(33)36-16-22(18-8-4-2-5-9-18)31(23(32)19-10-6-3-7-11-19)30-37(34,35)21-14-12-20(13-15-21)25(26,27)28;/h2,4-5,8-9,12-15,17,19,22,30H,3,6-7,10-11,16,29H2,1H3;1H/t17?,22-;/m1./s1. The van der Waals surface area contributed by atoms with Crippen LogP contribution in [0.4, 0.5) is 13.2 Å². The second kappa shape index (κ2) is 13.4. The third-order valence-corrected chi connectivity index (χ3v) is 7.48. The number of carbonyl (C=O) groups is 2. The molecule has 2 aromatic carbocycles. The first-order chi connectivity index (χ1) is 17.4. The predicted octanol–water partition coefficient (Wildman–Crippen LogP) is 4.36. The van der Waals surface area contributed by atoms with Crippen molar-refractivity contribution in [2.24, 2.45) is 11.7 Å². The van der Waals surface area contributed by atoms with E-state index in [1.165, 1.54) is 6.92 Å². The second-order valence-corrected chi connectivity index (χ2v) is 10.7. The third-order valence-electron chi connectivity index (χ3n) is 6.15. The minimum absolute atomic E-state index is 0. The number of halogens is 4. The summed E-state index contributed by atoms with van der Waals surface area (Å²) in [4.78, 5) is 27.6. The maximum atomic E-state index is 13.7. The molecule has 8 nitrogen and oxygen atoms in total. The zero-order valence-electron chi connectivity index (χ0n) is 20.7. The fourth-order valence-corrected chi connectivity index (χ4v) is 5.18. The van der Waals surface area contributed by atoms with Crippen LogP contribution >= 0.6 is 12.4 Å². The molecule has 3 N–H and O–H groups in total. The molecule has 3 rings (SSSR count). The lowest BCUT2D eigenvalue weighted by Gasteiger charge is -2.35. The summed E-state index contributed by atoms with van der Waals surface area (Å²) < 4.78 is 70.7. The van der Waals surface area contributed by atoms with E-state index in [-0.39, 0.29) is 12.4 Å². The van der Waals surface area contributed by atoms with E-state index in [9.17, 15) is 31.2 Å². The van der Waals surface area contributed by atoms with Crippen molar-refractivity contribution >= 4 is 34.3 Å². The van der Waals surface area contributed by atoms with Gasteiger partial charge in [0, 0.05) is 5.92 Å². The molecule has 1 aliphatic rings. The minimum atomic E-state index is -4.64. The summed E-state index contributed by atoms with van der Waals surface area (Å²) in [7, 11) is -4.49. The van der Waals surface area contributed by atoms with Crippen molar-refractivity contribution in [1.29, 1.82) is 0 Å². The maximum Gasteiger partial charge on any atom is 0.416 e. The topological polar surface area (TPSA) is 119 Å². The lowest BCUT2D eigenvalue weighted by atomic mass is 9.88. The van der Waals surface area contributed by atoms with Crippen molar-refractivity contribution in [3.8, 4) is 0 Å². The Labute approximate surface area is 226 Å². The molecule has 0 aromatic heterocycles. The van der Waals surface area contributed by atoms with Gasteiger partial charge in [-0.1, -0.05) is 49.6 Å². The summed E-state index contributed by atoms with van der Waals surface area (Å²) in [6.07, 6.45) is -0.982. The van der Waals surface area contributed by atoms with Gasteiger partial charge in [0.1, 0.15) is 18.7 Å². The summed E-state index contributed by atoms with van der Waals surface area (Å²) in [5.41, 5.74) is 5.07. The van der Waals surface area contributed by atoms with Gasteiger partial charge in [-0.15, -0.1) is 17.2 Å². The number of hydrogen-bond donors (Lipinski definition) is 2. The molecular weight excluding hydrogens is 547 g/mol. The molecule has 38 heavy (non-hydrogen) atoms. The van der Waals surface area contributed by atoms with Crippen LogP contribution in [0.3, 0.4) is 0 Å². The van der Waals surface area contributed by atoms with Crippen LogP contribution in [0, 0.1) is 5.92 Å². The quantitative estimate of drug-likeness (QED) is 0.338. The summed E-state index contributed by atoms with van der Waals surface area (Å²) in [6, 6.07) is 9.35. The van der Waals surface area contributed by atoms with Crippen LogP contribution in [-0.4, -0.2) is 38.0 Å². The molecule has 0 radical (unpaired) electrons. The molecule has 210 valence electrons. The molecule has 1 fully saturated rings. The smallest absolute Gasteiger partial charge is 0.416 e. The zero-order valence-corrected chi connectivity index (χ0v) is 22.3. The van der Waals surface area contributed by atoms with E-state index in [2.05, 4.69) is 4.83 Å². The van der Waals surface area contributed by atoms with Crippen LogP contribution in [0.1, 0.15) is 56.2 Å². The predicted molar refractivity (Wildman–Crippen MR) is 136 cm³/mol. The number of ether oxygens (including phenoxy) is 1. The molecule has 0 aliphatic heterocycles. The largest absolute Gasteiger partial charge is 0.462 e. The Balaban J connectivity index is 0.00000507. The summed E-state index contributed by atoms with van der Waals surface area (Å²) in [6.45, 7) is 1.04. The number of alkyl halides is 3. The number of amides is 1. The number of hydrogen-bond acceptors (Lipinski definition) is 6. The molecule has 1 saturated carbocycles. The fraction of sp³-hybridized carbons (Fsp3) is 0.440. The lowest BCUT2D eigenvalue weighted by molar-refractivity contribution is -0.152. The van der Waals surface area contributed by atoms with Gasteiger partial charge in [-0.05, 0) is 49.6 Å². The Morgan fingerprint density at radius 1 is 1.05 bits per heavy atom.